The van der Waals surface area contributed by atoms with Crippen LogP contribution >= 0.6 is 0 Å². The molecule has 4 saturated carbocycles. The molecule has 0 saturated heterocycles. The predicted molar refractivity (Wildman–Crippen MR) is 140 cm³/mol. The first-order valence-corrected chi connectivity index (χ1v) is 15.1. The van der Waals surface area contributed by atoms with Crippen molar-refractivity contribution in [3.05, 3.63) is 18.0 Å². The second-order valence-corrected chi connectivity index (χ2v) is 11.7. The predicted octanol–water partition coefficient (Wildman–Crippen LogP) is 6.09. The zero-order valence-corrected chi connectivity index (χ0v) is 22.1. The molecule has 4 aliphatic rings. The number of carbonyl (C=O) groups excluding carboxylic acids is 2. The summed E-state index contributed by atoms with van der Waals surface area (Å²) in [5.74, 6) is 0.146. The number of aromatic nitrogens is 3. The average molecular weight is 496 g/mol. The van der Waals surface area contributed by atoms with E-state index in [9.17, 15) is 9.59 Å². The highest BCUT2D eigenvalue weighted by Gasteiger charge is 2.37. The van der Waals surface area contributed by atoms with Crippen LogP contribution < -0.4 is 0 Å². The van der Waals surface area contributed by atoms with Crippen molar-refractivity contribution >= 4 is 11.8 Å². The average Bonchev–Trinajstić information content (AvgIpc) is 2.96. The van der Waals surface area contributed by atoms with E-state index < -0.39 is 0 Å². The third-order valence-electron chi connectivity index (χ3n) is 9.30. The van der Waals surface area contributed by atoms with E-state index >= 15 is 0 Å². The molecule has 0 spiro atoms. The van der Waals surface area contributed by atoms with Crippen LogP contribution in [0.4, 0.5) is 0 Å². The molecule has 4 fully saturated rings. The van der Waals surface area contributed by atoms with Gasteiger partial charge in [0, 0.05) is 24.2 Å². The highest BCUT2D eigenvalue weighted by atomic mass is 16.2. The van der Waals surface area contributed by atoms with Gasteiger partial charge in [-0.05, 0) is 51.4 Å². The lowest BCUT2D eigenvalue weighted by Crippen LogP contribution is -2.50. The fourth-order valence-electron chi connectivity index (χ4n) is 7.43. The quantitative estimate of drug-likeness (QED) is 0.477. The molecule has 0 atom stereocenters. The van der Waals surface area contributed by atoms with Crippen LogP contribution in [0.15, 0.2) is 6.33 Å². The zero-order chi connectivity index (χ0) is 24.7. The molecular formula is C29H45N5O2. The van der Waals surface area contributed by atoms with Crippen molar-refractivity contribution in [1.82, 2.24) is 24.8 Å². The number of nitrogens with zero attached hydrogens (tertiary/aromatic N) is 5. The van der Waals surface area contributed by atoms with Gasteiger partial charge in [0.1, 0.15) is 6.33 Å². The van der Waals surface area contributed by atoms with E-state index in [1.54, 1.807) is 0 Å². The minimum atomic E-state index is -0.0906. The Bertz CT molecular complexity index is 765. The number of hydrogen-bond donors (Lipinski definition) is 0. The number of hydrogen-bond acceptors (Lipinski definition) is 5. The summed E-state index contributed by atoms with van der Waals surface area (Å²) in [6, 6.07) is 1.08. The number of carbonyl (C=O) groups is 2. The molecule has 1 heterocycles. The summed E-state index contributed by atoms with van der Waals surface area (Å²) >= 11 is 0. The van der Waals surface area contributed by atoms with Gasteiger partial charge in [0.2, 0.25) is 11.6 Å². The van der Waals surface area contributed by atoms with E-state index in [1.807, 2.05) is 0 Å². The SMILES string of the molecule is O=C(c1ncnc(C(=O)N(C2CCCCC2)C2CCCCC2)n1)N(C1CCCCC1)C1CCCCC1. The fourth-order valence-corrected chi connectivity index (χ4v) is 7.43. The van der Waals surface area contributed by atoms with E-state index in [1.165, 1.54) is 83.4 Å². The molecule has 2 amide bonds. The van der Waals surface area contributed by atoms with E-state index in [-0.39, 0.29) is 47.6 Å². The van der Waals surface area contributed by atoms with Crippen molar-refractivity contribution < 1.29 is 9.59 Å². The monoisotopic (exact) mass is 495 g/mol. The maximum Gasteiger partial charge on any atom is 0.292 e. The van der Waals surface area contributed by atoms with Gasteiger partial charge in [0.05, 0.1) is 0 Å². The Morgan fingerprint density at radius 1 is 0.500 bits per heavy atom. The summed E-state index contributed by atoms with van der Waals surface area (Å²) in [6.45, 7) is 0. The molecule has 0 unspecified atom stereocenters. The molecular weight excluding hydrogens is 450 g/mol. The van der Waals surface area contributed by atoms with Crippen LogP contribution in [-0.4, -0.2) is 60.7 Å². The molecule has 0 radical (unpaired) electrons. The normalized spacial score (nSPS) is 23.3. The molecule has 1 aromatic heterocycles. The molecule has 7 heteroatoms. The van der Waals surface area contributed by atoms with Crippen LogP contribution in [0.1, 0.15) is 150 Å². The fraction of sp³-hybridized carbons (Fsp3) is 0.828. The summed E-state index contributed by atoms with van der Waals surface area (Å²) < 4.78 is 0. The van der Waals surface area contributed by atoms with E-state index in [4.69, 9.17) is 0 Å². The van der Waals surface area contributed by atoms with Crippen molar-refractivity contribution in [2.45, 2.75) is 153 Å². The van der Waals surface area contributed by atoms with E-state index in [2.05, 4.69) is 24.8 Å². The van der Waals surface area contributed by atoms with Crippen molar-refractivity contribution in [2.75, 3.05) is 0 Å². The van der Waals surface area contributed by atoms with Gasteiger partial charge in [-0.3, -0.25) is 9.59 Å². The first-order chi connectivity index (χ1) is 17.7. The van der Waals surface area contributed by atoms with Gasteiger partial charge in [-0.2, -0.15) is 4.98 Å². The molecule has 0 aromatic carbocycles. The topological polar surface area (TPSA) is 79.3 Å². The van der Waals surface area contributed by atoms with Crippen LogP contribution in [0.2, 0.25) is 0 Å². The summed E-state index contributed by atoms with van der Waals surface area (Å²) in [5.41, 5.74) is 0. The Morgan fingerprint density at radius 2 is 0.778 bits per heavy atom. The van der Waals surface area contributed by atoms with E-state index in [0.29, 0.717) is 0 Å². The van der Waals surface area contributed by atoms with Crippen molar-refractivity contribution in [1.29, 1.82) is 0 Å². The summed E-state index contributed by atoms with van der Waals surface area (Å²) in [4.78, 5) is 45.4. The third kappa shape index (κ3) is 5.91. The summed E-state index contributed by atoms with van der Waals surface area (Å²) in [6.07, 6.45) is 24.4. The number of amides is 2. The molecule has 7 nitrogen and oxygen atoms in total. The number of rotatable bonds is 6. The minimum Gasteiger partial charge on any atom is -0.330 e. The molecule has 0 aliphatic heterocycles. The van der Waals surface area contributed by atoms with Gasteiger partial charge in [-0.25, -0.2) is 9.97 Å². The van der Waals surface area contributed by atoms with E-state index in [0.717, 1.165) is 51.4 Å². The van der Waals surface area contributed by atoms with Gasteiger partial charge in [-0.1, -0.05) is 77.0 Å². The molecule has 36 heavy (non-hydrogen) atoms. The molecule has 4 aliphatic carbocycles. The Balaban J connectivity index is 1.39. The Hall–Kier alpha value is -2.05. The maximum absolute atomic E-state index is 13.9. The van der Waals surface area contributed by atoms with Crippen LogP contribution in [0.5, 0.6) is 0 Å². The van der Waals surface area contributed by atoms with Crippen LogP contribution in [0.3, 0.4) is 0 Å². The van der Waals surface area contributed by atoms with Crippen molar-refractivity contribution in [2.24, 2.45) is 0 Å². The van der Waals surface area contributed by atoms with Gasteiger partial charge in [0.15, 0.2) is 0 Å². The molecule has 0 bridgehead atoms. The minimum absolute atomic E-state index is 0.0906. The Morgan fingerprint density at radius 3 is 1.06 bits per heavy atom. The highest BCUT2D eigenvalue weighted by molar-refractivity contribution is 5.94. The second-order valence-electron chi connectivity index (χ2n) is 11.7. The largest absolute Gasteiger partial charge is 0.330 e. The Kier molecular flexibility index (Phi) is 8.86. The van der Waals surface area contributed by atoms with Crippen LogP contribution in [0.25, 0.3) is 0 Å². The molecule has 1 aromatic rings. The van der Waals surface area contributed by atoms with Crippen molar-refractivity contribution in [3.8, 4) is 0 Å². The van der Waals surface area contributed by atoms with Gasteiger partial charge < -0.3 is 9.80 Å². The van der Waals surface area contributed by atoms with Crippen LogP contribution in [0, 0.1) is 0 Å². The zero-order valence-electron chi connectivity index (χ0n) is 22.1. The lowest BCUT2D eigenvalue weighted by molar-refractivity contribution is 0.0425. The van der Waals surface area contributed by atoms with Gasteiger partial charge in [0.25, 0.3) is 11.8 Å². The lowest BCUT2D eigenvalue weighted by atomic mass is 9.88. The third-order valence-corrected chi connectivity index (χ3v) is 9.30. The molecule has 0 N–H and O–H groups in total. The highest BCUT2D eigenvalue weighted by Crippen LogP contribution is 2.33. The maximum atomic E-state index is 13.9. The van der Waals surface area contributed by atoms with Crippen LogP contribution in [-0.2, 0) is 0 Å². The summed E-state index contributed by atoms with van der Waals surface area (Å²) in [7, 11) is 0. The first kappa shape index (κ1) is 25.6. The molecule has 5 rings (SSSR count). The van der Waals surface area contributed by atoms with Crippen molar-refractivity contribution in [3.63, 3.8) is 0 Å². The molecule has 198 valence electrons. The van der Waals surface area contributed by atoms with Gasteiger partial charge in [-0.15, -0.1) is 0 Å². The smallest absolute Gasteiger partial charge is 0.292 e. The lowest BCUT2D eigenvalue weighted by Gasteiger charge is -2.42. The van der Waals surface area contributed by atoms with Gasteiger partial charge >= 0.3 is 0 Å². The second kappa shape index (κ2) is 12.5. The summed E-state index contributed by atoms with van der Waals surface area (Å²) in [5, 5.41) is 0. The first-order valence-electron chi connectivity index (χ1n) is 15.1. The Labute approximate surface area is 216 Å². The standard InChI is InChI=1S/C29H45N5O2/c35-28(33(22-13-5-1-6-14-22)23-15-7-2-8-16-23)26-30-21-31-27(32-26)29(36)34(24-17-9-3-10-18-24)25-19-11-4-12-20-25/h21-25H,1-20H2.